The number of rotatable bonds is 1. The molecule has 1 aromatic heterocycles. The minimum absolute atomic E-state index is 0.104. The lowest BCUT2D eigenvalue weighted by molar-refractivity contribution is -0.183. The van der Waals surface area contributed by atoms with Gasteiger partial charge in [-0.2, -0.15) is 13.2 Å². The largest absolute Gasteiger partial charge is 0.411 e. The van der Waals surface area contributed by atoms with Gasteiger partial charge in [0.25, 0.3) is 0 Å². The van der Waals surface area contributed by atoms with Gasteiger partial charge in [0.2, 0.25) is 0 Å². The number of hydrogen-bond acceptors (Lipinski definition) is 2. The van der Waals surface area contributed by atoms with Gasteiger partial charge in [0, 0.05) is 4.88 Å². The predicted octanol–water partition coefficient (Wildman–Crippen LogP) is 3.25. The maximum atomic E-state index is 12.4. The summed E-state index contributed by atoms with van der Waals surface area (Å²) in [5, 5.41) is 0. The lowest BCUT2D eigenvalue weighted by atomic mass is 10.0. The molecule has 1 rings (SSSR count). The molecular weight excluding hydrogens is 267 g/mol. The van der Waals surface area contributed by atoms with Crippen LogP contribution in [0.5, 0.6) is 0 Å². The molecule has 0 aliphatic heterocycles. The van der Waals surface area contributed by atoms with Crippen molar-refractivity contribution in [3.05, 3.63) is 20.8 Å². The second-order valence-corrected chi connectivity index (χ2v) is 5.27. The fraction of sp³-hybridized carbons (Fsp3) is 0.429. The third kappa shape index (κ3) is 2.05. The van der Waals surface area contributed by atoms with Crippen molar-refractivity contribution in [3.63, 3.8) is 0 Å². The second-order valence-electron chi connectivity index (χ2n) is 2.80. The lowest BCUT2D eigenvalue weighted by Crippen LogP contribution is -2.46. The molecule has 0 fully saturated rings. The Balaban J connectivity index is 3.07. The molecule has 1 atom stereocenters. The van der Waals surface area contributed by atoms with Crippen LogP contribution in [0.3, 0.4) is 0 Å². The normalized spacial score (nSPS) is 17.1. The molecule has 0 aliphatic carbocycles. The molecule has 1 aromatic rings. The monoisotopic (exact) mass is 273 g/mol. The van der Waals surface area contributed by atoms with Crippen molar-refractivity contribution >= 4 is 27.3 Å². The van der Waals surface area contributed by atoms with E-state index in [-0.39, 0.29) is 4.88 Å². The van der Waals surface area contributed by atoms with E-state index >= 15 is 0 Å². The zero-order valence-electron chi connectivity index (χ0n) is 6.65. The third-order valence-electron chi connectivity index (χ3n) is 1.67. The fourth-order valence-electron chi connectivity index (χ4n) is 0.733. The van der Waals surface area contributed by atoms with Gasteiger partial charge in [-0.1, -0.05) is 0 Å². The molecule has 0 unspecified atom stereocenters. The van der Waals surface area contributed by atoms with Crippen LogP contribution < -0.4 is 5.73 Å². The van der Waals surface area contributed by atoms with Gasteiger partial charge in [0.1, 0.15) is 5.54 Å². The molecule has 0 saturated carbocycles. The van der Waals surface area contributed by atoms with Crippen LogP contribution >= 0.6 is 27.3 Å². The minimum atomic E-state index is -4.42. The molecule has 13 heavy (non-hydrogen) atoms. The summed E-state index contributed by atoms with van der Waals surface area (Å²) in [7, 11) is 0. The lowest BCUT2D eigenvalue weighted by Gasteiger charge is -2.26. The van der Waals surface area contributed by atoms with Gasteiger partial charge in [-0.05, 0) is 35.0 Å². The Morgan fingerprint density at radius 1 is 1.38 bits per heavy atom. The molecule has 0 bridgehead atoms. The molecule has 0 spiro atoms. The summed E-state index contributed by atoms with van der Waals surface area (Å²) in [6.07, 6.45) is -4.42. The van der Waals surface area contributed by atoms with Crippen molar-refractivity contribution in [1.82, 2.24) is 0 Å². The second kappa shape index (κ2) is 3.25. The Morgan fingerprint density at radius 3 is 2.23 bits per heavy atom. The van der Waals surface area contributed by atoms with E-state index in [9.17, 15) is 13.2 Å². The Bertz CT molecular complexity index is 305. The minimum Gasteiger partial charge on any atom is -0.313 e. The maximum absolute atomic E-state index is 12.4. The van der Waals surface area contributed by atoms with E-state index in [1.165, 1.54) is 6.07 Å². The van der Waals surface area contributed by atoms with Gasteiger partial charge in [-0.15, -0.1) is 11.3 Å². The van der Waals surface area contributed by atoms with E-state index in [1.807, 2.05) is 0 Å². The highest BCUT2D eigenvalue weighted by Crippen LogP contribution is 2.40. The quantitative estimate of drug-likeness (QED) is 0.835. The van der Waals surface area contributed by atoms with Gasteiger partial charge in [-0.25, -0.2) is 0 Å². The topological polar surface area (TPSA) is 26.0 Å². The zero-order valence-corrected chi connectivity index (χ0v) is 9.05. The fourth-order valence-corrected chi connectivity index (χ4v) is 2.20. The van der Waals surface area contributed by atoms with Gasteiger partial charge in [0.15, 0.2) is 0 Å². The standard InChI is InChI=1S/C7H7BrF3NS/c1-6(12,7(9,10)11)4-2-3-5(8)13-4/h2-3H,12H2,1H3/t6-/m1/s1. The van der Waals surface area contributed by atoms with Crippen LogP contribution in [-0.4, -0.2) is 6.18 Å². The van der Waals surface area contributed by atoms with E-state index in [2.05, 4.69) is 15.9 Å². The number of halogens is 4. The first-order chi connectivity index (χ1) is 5.75. The van der Waals surface area contributed by atoms with Crippen molar-refractivity contribution in [1.29, 1.82) is 0 Å². The van der Waals surface area contributed by atoms with Crippen LogP contribution in [0.15, 0.2) is 15.9 Å². The van der Waals surface area contributed by atoms with Crippen LogP contribution in [0.4, 0.5) is 13.2 Å². The van der Waals surface area contributed by atoms with Crippen LogP contribution in [0.1, 0.15) is 11.8 Å². The Kier molecular flexibility index (Phi) is 2.75. The SMILES string of the molecule is C[C@@](N)(c1ccc(Br)s1)C(F)(F)F. The van der Waals surface area contributed by atoms with E-state index in [0.717, 1.165) is 18.3 Å². The first-order valence-electron chi connectivity index (χ1n) is 3.36. The molecule has 0 aliphatic rings. The molecule has 0 radical (unpaired) electrons. The highest BCUT2D eigenvalue weighted by atomic mass is 79.9. The van der Waals surface area contributed by atoms with Gasteiger partial charge in [-0.3, -0.25) is 0 Å². The number of alkyl halides is 3. The van der Waals surface area contributed by atoms with Crippen molar-refractivity contribution in [3.8, 4) is 0 Å². The Hall–Kier alpha value is -0.0700. The predicted molar refractivity (Wildman–Crippen MR) is 49.6 cm³/mol. The number of thiophene rings is 1. The van der Waals surface area contributed by atoms with E-state index in [0.29, 0.717) is 3.79 Å². The van der Waals surface area contributed by atoms with Gasteiger partial charge < -0.3 is 5.73 Å². The molecule has 0 amide bonds. The zero-order chi connectivity index (χ0) is 10.3. The van der Waals surface area contributed by atoms with Crippen LogP contribution in [0.25, 0.3) is 0 Å². The summed E-state index contributed by atoms with van der Waals surface area (Å²) in [5.41, 5.74) is 2.93. The summed E-state index contributed by atoms with van der Waals surface area (Å²) < 4.78 is 37.8. The molecule has 2 N–H and O–H groups in total. The summed E-state index contributed by atoms with van der Waals surface area (Å²) in [4.78, 5) is 0.104. The van der Waals surface area contributed by atoms with Crippen molar-refractivity contribution < 1.29 is 13.2 Å². The van der Waals surface area contributed by atoms with E-state index in [1.54, 1.807) is 6.07 Å². The molecular formula is C7H7BrF3NS. The molecule has 1 nitrogen and oxygen atoms in total. The van der Waals surface area contributed by atoms with Crippen LogP contribution in [-0.2, 0) is 5.54 Å². The summed E-state index contributed by atoms with van der Waals surface area (Å²) in [6, 6.07) is 2.93. The molecule has 1 heterocycles. The Labute approximate surface area is 85.9 Å². The van der Waals surface area contributed by atoms with Crippen molar-refractivity contribution in [2.45, 2.75) is 18.6 Å². The van der Waals surface area contributed by atoms with Crippen molar-refractivity contribution in [2.75, 3.05) is 0 Å². The average Bonchev–Trinajstić information content (AvgIpc) is 2.33. The van der Waals surface area contributed by atoms with E-state index < -0.39 is 11.7 Å². The highest BCUT2D eigenvalue weighted by Gasteiger charge is 2.50. The summed E-state index contributed by atoms with van der Waals surface area (Å²) in [5.74, 6) is 0. The van der Waals surface area contributed by atoms with Crippen molar-refractivity contribution in [2.24, 2.45) is 5.73 Å². The summed E-state index contributed by atoms with van der Waals surface area (Å²) >= 11 is 4.08. The molecule has 6 heteroatoms. The summed E-state index contributed by atoms with van der Waals surface area (Å²) in [6.45, 7) is 0.964. The van der Waals surface area contributed by atoms with Crippen LogP contribution in [0, 0.1) is 0 Å². The highest BCUT2D eigenvalue weighted by molar-refractivity contribution is 9.11. The molecule has 74 valence electrons. The number of nitrogens with two attached hydrogens (primary N) is 1. The third-order valence-corrected chi connectivity index (χ3v) is 3.53. The van der Waals surface area contributed by atoms with Crippen LogP contribution in [0.2, 0.25) is 0 Å². The first-order valence-corrected chi connectivity index (χ1v) is 4.97. The smallest absolute Gasteiger partial charge is 0.313 e. The van der Waals surface area contributed by atoms with E-state index in [4.69, 9.17) is 5.73 Å². The number of hydrogen-bond donors (Lipinski definition) is 1. The maximum Gasteiger partial charge on any atom is 0.411 e. The van der Waals surface area contributed by atoms with Gasteiger partial charge in [0.05, 0.1) is 3.79 Å². The first kappa shape index (κ1) is 11.0. The average molecular weight is 274 g/mol. The Morgan fingerprint density at radius 2 is 1.92 bits per heavy atom. The molecule has 0 saturated heterocycles. The molecule has 0 aromatic carbocycles. The van der Waals surface area contributed by atoms with Gasteiger partial charge >= 0.3 is 6.18 Å².